The molecule has 166 valence electrons. The van der Waals surface area contributed by atoms with Gasteiger partial charge in [0.1, 0.15) is 5.82 Å². The Hall–Kier alpha value is -3.01. The summed E-state index contributed by atoms with van der Waals surface area (Å²) in [6.07, 6.45) is -3.72. The first-order valence-electron chi connectivity index (χ1n) is 9.46. The molecule has 0 radical (unpaired) electrons. The monoisotopic (exact) mass is 455 g/mol. The molecule has 0 spiro atoms. The zero-order chi connectivity index (χ0) is 22.8. The molecule has 0 atom stereocenters. The molecule has 31 heavy (non-hydrogen) atoms. The number of hydrogen-bond acceptors (Lipinski definition) is 5. The van der Waals surface area contributed by atoms with Crippen LogP contribution in [0.5, 0.6) is 0 Å². The predicted octanol–water partition coefficient (Wildman–Crippen LogP) is 3.40. The summed E-state index contributed by atoms with van der Waals surface area (Å²) >= 11 is 6.06. The lowest BCUT2D eigenvalue weighted by atomic mass is 10.1. The number of carbonyl (C=O) groups is 2. The number of aromatic nitrogens is 1. The van der Waals surface area contributed by atoms with Gasteiger partial charge in [0.25, 0.3) is 5.91 Å². The lowest BCUT2D eigenvalue weighted by molar-refractivity contribution is -0.137. The zero-order valence-electron chi connectivity index (χ0n) is 16.9. The second-order valence-corrected chi connectivity index (χ2v) is 7.40. The van der Waals surface area contributed by atoms with Gasteiger partial charge < -0.3 is 20.4 Å². The van der Waals surface area contributed by atoms with Crippen LogP contribution in [0, 0.1) is 0 Å². The molecule has 2 N–H and O–H groups in total. The number of hydrogen-bond donors (Lipinski definition) is 2. The lowest BCUT2D eigenvalue weighted by Gasteiger charge is -2.37. The quantitative estimate of drug-likeness (QED) is 0.739. The van der Waals surface area contributed by atoms with Crippen molar-refractivity contribution in [3.63, 3.8) is 0 Å². The minimum Gasteiger partial charge on any atom is -0.368 e. The van der Waals surface area contributed by atoms with Crippen LogP contribution < -0.4 is 20.4 Å². The summed E-state index contributed by atoms with van der Waals surface area (Å²) in [6.45, 7) is 3.43. The van der Waals surface area contributed by atoms with Gasteiger partial charge in [0.15, 0.2) is 0 Å². The lowest BCUT2D eigenvalue weighted by Crippen LogP contribution is -2.47. The Kier molecular flexibility index (Phi) is 6.59. The summed E-state index contributed by atoms with van der Waals surface area (Å²) in [4.78, 5) is 31.4. The molecular formula is C20H21ClF3N5O2. The highest BCUT2D eigenvalue weighted by Crippen LogP contribution is 2.34. The van der Waals surface area contributed by atoms with E-state index in [0.29, 0.717) is 43.2 Å². The van der Waals surface area contributed by atoms with E-state index in [-0.39, 0.29) is 16.8 Å². The maximum Gasteiger partial charge on any atom is 0.417 e. The third-order valence-electron chi connectivity index (χ3n) is 4.88. The number of anilines is 3. The number of alkyl halides is 3. The molecule has 2 amide bonds. The van der Waals surface area contributed by atoms with Crippen molar-refractivity contribution in [1.29, 1.82) is 0 Å². The average Bonchev–Trinajstić information content (AvgIpc) is 2.72. The van der Waals surface area contributed by atoms with E-state index in [0.717, 1.165) is 18.0 Å². The topological polar surface area (TPSA) is 77.6 Å². The minimum atomic E-state index is -4.50. The van der Waals surface area contributed by atoms with Gasteiger partial charge in [-0.3, -0.25) is 9.59 Å². The van der Waals surface area contributed by atoms with Crippen LogP contribution in [-0.4, -0.2) is 50.0 Å². The van der Waals surface area contributed by atoms with E-state index in [9.17, 15) is 22.8 Å². The van der Waals surface area contributed by atoms with E-state index in [1.165, 1.54) is 14.0 Å². The van der Waals surface area contributed by atoms with Gasteiger partial charge in [-0.25, -0.2) is 4.98 Å². The smallest absolute Gasteiger partial charge is 0.368 e. The number of rotatable bonds is 4. The van der Waals surface area contributed by atoms with Crippen LogP contribution in [0.2, 0.25) is 5.02 Å². The zero-order valence-corrected chi connectivity index (χ0v) is 17.6. The molecule has 1 aromatic heterocycles. The Morgan fingerprint density at radius 3 is 2.29 bits per heavy atom. The molecule has 3 rings (SSSR count). The second kappa shape index (κ2) is 9.01. The van der Waals surface area contributed by atoms with Crippen molar-refractivity contribution >= 4 is 40.6 Å². The van der Waals surface area contributed by atoms with Gasteiger partial charge in [-0.2, -0.15) is 13.2 Å². The van der Waals surface area contributed by atoms with Crippen LogP contribution in [0.25, 0.3) is 0 Å². The Labute approximate surface area is 182 Å². The number of piperazine rings is 1. The molecule has 1 saturated heterocycles. The number of nitrogens with zero attached hydrogens (tertiary/aromatic N) is 3. The predicted molar refractivity (Wildman–Crippen MR) is 113 cm³/mol. The molecule has 2 aromatic rings. The Morgan fingerprint density at radius 1 is 1.10 bits per heavy atom. The summed E-state index contributed by atoms with van der Waals surface area (Å²) in [6, 6.07) is 6.05. The van der Waals surface area contributed by atoms with Crippen LogP contribution >= 0.6 is 11.6 Å². The number of benzene rings is 1. The molecule has 0 bridgehead atoms. The maximum absolute atomic E-state index is 12.8. The molecular weight excluding hydrogens is 435 g/mol. The van der Waals surface area contributed by atoms with E-state index < -0.39 is 11.7 Å². The van der Waals surface area contributed by atoms with Crippen LogP contribution in [0.15, 0.2) is 30.5 Å². The van der Waals surface area contributed by atoms with Crippen molar-refractivity contribution < 1.29 is 22.8 Å². The average molecular weight is 456 g/mol. The fraction of sp³-hybridized carbons (Fsp3) is 0.350. The molecule has 1 fully saturated rings. The number of carbonyl (C=O) groups excluding carboxylic acids is 2. The SMILES string of the molecule is CNC(=O)c1cc(N2CCN(c3ncc(C(F)(F)F)cc3Cl)CC2)ccc1NC(C)=O. The van der Waals surface area contributed by atoms with Crippen LogP contribution in [0.1, 0.15) is 22.8 Å². The Balaban J connectivity index is 1.75. The molecule has 1 aliphatic heterocycles. The maximum atomic E-state index is 12.8. The van der Waals surface area contributed by atoms with Gasteiger partial charge in [-0.1, -0.05) is 11.6 Å². The van der Waals surface area contributed by atoms with Gasteiger partial charge in [0.2, 0.25) is 5.91 Å². The van der Waals surface area contributed by atoms with Crippen LogP contribution in [0.4, 0.5) is 30.4 Å². The largest absolute Gasteiger partial charge is 0.417 e. The van der Waals surface area contributed by atoms with E-state index in [1.54, 1.807) is 18.2 Å². The number of nitrogens with one attached hydrogen (secondary N) is 2. The van der Waals surface area contributed by atoms with Gasteiger partial charge in [0, 0.05) is 52.0 Å². The first-order chi connectivity index (χ1) is 14.6. The summed E-state index contributed by atoms with van der Waals surface area (Å²) in [5.74, 6) is -0.307. The Morgan fingerprint density at radius 2 is 1.74 bits per heavy atom. The molecule has 1 aromatic carbocycles. The molecule has 2 heterocycles. The first-order valence-corrected chi connectivity index (χ1v) is 9.84. The van der Waals surface area contributed by atoms with E-state index in [2.05, 4.69) is 15.6 Å². The fourth-order valence-electron chi connectivity index (χ4n) is 3.34. The highest BCUT2D eigenvalue weighted by atomic mass is 35.5. The fourth-order valence-corrected chi connectivity index (χ4v) is 3.63. The van der Waals surface area contributed by atoms with Crippen LogP contribution in [0.3, 0.4) is 0 Å². The van der Waals surface area contributed by atoms with Crippen molar-refractivity contribution in [2.24, 2.45) is 0 Å². The number of amides is 2. The highest BCUT2D eigenvalue weighted by molar-refractivity contribution is 6.33. The van der Waals surface area contributed by atoms with Gasteiger partial charge in [-0.05, 0) is 24.3 Å². The second-order valence-electron chi connectivity index (χ2n) is 6.99. The van der Waals surface area contributed by atoms with Crippen molar-refractivity contribution in [2.45, 2.75) is 13.1 Å². The summed E-state index contributed by atoms with van der Waals surface area (Å²) < 4.78 is 38.5. The minimum absolute atomic E-state index is 0.0511. The van der Waals surface area contributed by atoms with E-state index in [1.807, 2.05) is 9.80 Å². The van der Waals surface area contributed by atoms with Gasteiger partial charge in [-0.15, -0.1) is 0 Å². The van der Waals surface area contributed by atoms with Crippen molar-refractivity contribution in [2.75, 3.05) is 48.3 Å². The van der Waals surface area contributed by atoms with Gasteiger partial charge >= 0.3 is 6.18 Å². The van der Waals surface area contributed by atoms with Crippen molar-refractivity contribution in [1.82, 2.24) is 10.3 Å². The number of pyridine rings is 1. The molecule has 0 aliphatic carbocycles. The van der Waals surface area contributed by atoms with Gasteiger partial charge in [0.05, 0.1) is 21.8 Å². The third-order valence-corrected chi connectivity index (χ3v) is 5.16. The molecule has 0 saturated carbocycles. The molecule has 7 nitrogen and oxygen atoms in total. The highest BCUT2D eigenvalue weighted by Gasteiger charge is 2.32. The molecule has 1 aliphatic rings. The first kappa shape index (κ1) is 22.7. The molecule has 0 unspecified atom stereocenters. The summed E-state index contributed by atoms with van der Waals surface area (Å²) in [5, 5.41) is 5.14. The summed E-state index contributed by atoms with van der Waals surface area (Å²) in [7, 11) is 1.51. The number of halogens is 4. The molecule has 11 heteroatoms. The van der Waals surface area contributed by atoms with Crippen molar-refractivity contribution in [3.05, 3.63) is 46.6 Å². The van der Waals surface area contributed by atoms with Crippen molar-refractivity contribution in [3.8, 4) is 0 Å². The summed E-state index contributed by atoms with van der Waals surface area (Å²) in [5.41, 5.74) is 0.653. The van der Waals surface area contributed by atoms with E-state index in [4.69, 9.17) is 11.6 Å². The standard InChI is InChI=1S/C20H21ClF3N5O2/c1-12(30)27-17-4-3-14(10-15(17)19(31)25-2)28-5-7-29(8-6-28)18-16(21)9-13(11-26-18)20(22,23)24/h3-4,9-11H,5-8H2,1-2H3,(H,25,31)(H,27,30). The normalized spacial score (nSPS) is 14.4. The Bertz CT molecular complexity index is 991. The van der Waals surface area contributed by atoms with E-state index >= 15 is 0 Å². The third kappa shape index (κ3) is 5.19. The van der Waals surface area contributed by atoms with Crippen LogP contribution in [-0.2, 0) is 11.0 Å².